The summed E-state index contributed by atoms with van der Waals surface area (Å²) < 4.78 is 34.3. The summed E-state index contributed by atoms with van der Waals surface area (Å²) in [6, 6.07) is 15.4. The number of amides is 2. The summed E-state index contributed by atoms with van der Waals surface area (Å²) in [5.74, 6) is -0.551. The SMILES string of the molecule is CC[C@@H](C)NC(=O)[C@@H](CC)N(Cc1ccc(Cl)cc1)C(=O)CN(c1ccc(OC)cc1)S(=O)(=O)c1ccc(C)c([N+](=O)[O-])c1. The van der Waals surface area contributed by atoms with Crippen LogP contribution in [0.3, 0.4) is 0 Å². The van der Waals surface area contributed by atoms with Crippen molar-refractivity contribution in [3.05, 3.63) is 93.0 Å². The average molecular weight is 645 g/mol. The number of hydrogen-bond donors (Lipinski definition) is 1. The number of rotatable bonds is 14. The van der Waals surface area contributed by atoms with Crippen LogP contribution in [-0.2, 0) is 26.2 Å². The molecule has 0 saturated heterocycles. The summed E-state index contributed by atoms with van der Waals surface area (Å²) in [6.07, 6.45) is 0.945. The summed E-state index contributed by atoms with van der Waals surface area (Å²) in [7, 11) is -3.05. The van der Waals surface area contributed by atoms with E-state index >= 15 is 0 Å². The fourth-order valence-electron chi connectivity index (χ4n) is 4.50. The molecule has 236 valence electrons. The standard InChI is InChI=1S/C31H37ClN4O7S/c1-6-22(4)33-31(38)28(7-2)34(19-23-9-11-24(32)12-10-23)30(37)20-35(25-13-15-26(43-5)16-14-25)44(41,42)27-17-8-21(3)29(18-27)36(39)40/h8-18,22,28H,6-7,19-20H2,1-5H3,(H,33,38)/t22-,28-/m1/s1. The molecule has 0 aliphatic carbocycles. The second-order valence-corrected chi connectivity index (χ2v) is 12.6. The molecule has 3 aromatic rings. The van der Waals surface area contributed by atoms with E-state index in [1.807, 2.05) is 13.8 Å². The molecule has 0 bridgehead atoms. The maximum absolute atomic E-state index is 14.2. The highest BCUT2D eigenvalue weighted by Crippen LogP contribution is 2.29. The van der Waals surface area contributed by atoms with Gasteiger partial charge < -0.3 is 15.0 Å². The number of nitrogens with zero attached hydrogens (tertiary/aromatic N) is 3. The average Bonchev–Trinajstić information content (AvgIpc) is 3.00. The molecule has 1 N–H and O–H groups in total. The third-order valence-corrected chi connectivity index (χ3v) is 9.28. The Balaban J connectivity index is 2.11. The van der Waals surface area contributed by atoms with Gasteiger partial charge in [-0.15, -0.1) is 0 Å². The Bertz CT molecular complexity index is 1580. The van der Waals surface area contributed by atoms with E-state index in [2.05, 4.69) is 5.32 Å². The minimum atomic E-state index is -4.51. The van der Waals surface area contributed by atoms with E-state index in [1.165, 1.54) is 43.2 Å². The molecule has 0 heterocycles. The van der Waals surface area contributed by atoms with Gasteiger partial charge in [0, 0.05) is 29.2 Å². The maximum Gasteiger partial charge on any atom is 0.273 e. The van der Waals surface area contributed by atoms with Gasteiger partial charge in [-0.25, -0.2) is 8.42 Å². The van der Waals surface area contributed by atoms with Gasteiger partial charge in [0.15, 0.2) is 0 Å². The number of nitrogens with one attached hydrogen (secondary N) is 1. The van der Waals surface area contributed by atoms with Crippen molar-refractivity contribution < 1.29 is 27.7 Å². The van der Waals surface area contributed by atoms with E-state index in [1.54, 1.807) is 43.3 Å². The van der Waals surface area contributed by atoms with Crippen LogP contribution in [0.15, 0.2) is 71.6 Å². The predicted octanol–water partition coefficient (Wildman–Crippen LogP) is 5.48. The largest absolute Gasteiger partial charge is 0.497 e. The minimum Gasteiger partial charge on any atom is -0.497 e. The number of methoxy groups -OCH3 is 1. The predicted molar refractivity (Wildman–Crippen MR) is 169 cm³/mol. The molecule has 3 rings (SSSR count). The Morgan fingerprint density at radius 1 is 1.02 bits per heavy atom. The van der Waals surface area contributed by atoms with Crippen molar-refractivity contribution in [3.8, 4) is 5.75 Å². The topological polar surface area (TPSA) is 139 Å². The Morgan fingerprint density at radius 2 is 1.66 bits per heavy atom. The molecule has 2 atom stereocenters. The van der Waals surface area contributed by atoms with E-state index in [-0.39, 0.29) is 46.7 Å². The second kappa shape index (κ2) is 15.0. The van der Waals surface area contributed by atoms with Gasteiger partial charge in [-0.3, -0.25) is 24.0 Å². The van der Waals surface area contributed by atoms with Crippen molar-refractivity contribution in [1.29, 1.82) is 0 Å². The molecule has 0 aliphatic heterocycles. The van der Waals surface area contributed by atoms with E-state index in [9.17, 15) is 28.1 Å². The summed E-state index contributed by atoms with van der Waals surface area (Å²) in [4.78, 5) is 39.5. The third-order valence-electron chi connectivity index (χ3n) is 7.26. The molecular weight excluding hydrogens is 608 g/mol. The smallest absolute Gasteiger partial charge is 0.273 e. The first-order chi connectivity index (χ1) is 20.8. The normalized spacial score (nSPS) is 12.6. The molecule has 0 aromatic heterocycles. The number of anilines is 1. The molecule has 0 fully saturated rings. The molecule has 2 amide bonds. The first kappa shape index (κ1) is 34.3. The molecule has 0 unspecified atom stereocenters. The second-order valence-electron chi connectivity index (χ2n) is 10.3. The van der Waals surface area contributed by atoms with E-state index in [0.717, 1.165) is 10.4 Å². The van der Waals surface area contributed by atoms with Crippen molar-refractivity contribution in [2.75, 3.05) is 18.0 Å². The van der Waals surface area contributed by atoms with Gasteiger partial charge in [0.25, 0.3) is 15.7 Å². The Kier molecular flexibility index (Phi) is 11.7. The lowest BCUT2D eigenvalue weighted by atomic mass is 10.1. The van der Waals surface area contributed by atoms with Crippen molar-refractivity contribution in [2.24, 2.45) is 0 Å². The molecule has 44 heavy (non-hydrogen) atoms. The van der Waals surface area contributed by atoms with Crippen LogP contribution in [0.1, 0.15) is 44.7 Å². The van der Waals surface area contributed by atoms with Crippen LogP contribution in [-0.4, -0.2) is 55.8 Å². The number of aryl methyl sites for hydroxylation is 1. The van der Waals surface area contributed by atoms with Gasteiger partial charge in [-0.1, -0.05) is 43.6 Å². The van der Waals surface area contributed by atoms with Crippen LogP contribution < -0.4 is 14.4 Å². The summed E-state index contributed by atoms with van der Waals surface area (Å²) >= 11 is 6.06. The lowest BCUT2D eigenvalue weighted by molar-refractivity contribution is -0.385. The summed E-state index contributed by atoms with van der Waals surface area (Å²) in [5.41, 5.74) is 0.731. The van der Waals surface area contributed by atoms with Crippen LogP contribution in [0.25, 0.3) is 0 Å². The quantitative estimate of drug-likeness (QED) is 0.181. The number of benzene rings is 3. The zero-order valence-corrected chi connectivity index (χ0v) is 26.9. The Labute approximate surface area is 263 Å². The fraction of sp³-hybridized carbons (Fsp3) is 0.355. The lowest BCUT2D eigenvalue weighted by Crippen LogP contribution is -2.53. The van der Waals surface area contributed by atoms with Crippen LogP contribution in [0.5, 0.6) is 5.75 Å². The monoisotopic (exact) mass is 644 g/mol. The zero-order valence-electron chi connectivity index (χ0n) is 25.3. The van der Waals surface area contributed by atoms with Crippen molar-refractivity contribution in [2.45, 2.75) is 64.1 Å². The molecular formula is C31H37ClN4O7S. The third kappa shape index (κ3) is 8.26. The number of carbonyl (C=O) groups is 2. The van der Waals surface area contributed by atoms with Crippen LogP contribution in [0, 0.1) is 17.0 Å². The first-order valence-corrected chi connectivity index (χ1v) is 15.9. The number of sulfonamides is 1. The van der Waals surface area contributed by atoms with Crippen LogP contribution in [0.2, 0.25) is 5.02 Å². The number of hydrogen-bond acceptors (Lipinski definition) is 7. The van der Waals surface area contributed by atoms with Crippen LogP contribution in [0.4, 0.5) is 11.4 Å². The molecule has 0 aliphatic rings. The molecule has 11 nitrogen and oxygen atoms in total. The van der Waals surface area contributed by atoms with Gasteiger partial charge in [0.2, 0.25) is 11.8 Å². The van der Waals surface area contributed by atoms with Crippen molar-refractivity contribution >= 4 is 44.8 Å². The summed E-state index contributed by atoms with van der Waals surface area (Å²) in [6.45, 7) is 6.38. The van der Waals surface area contributed by atoms with E-state index in [0.29, 0.717) is 22.8 Å². The molecule has 13 heteroatoms. The first-order valence-electron chi connectivity index (χ1n) is 14.1. The molecule has 0 saturated carbocycles. The lowest BCUT2D eigenvalue weighted by Gasteiger charge is -2.33. The van der Waals surface area contributed by atoms with Gasteiger partial charge in [0.05, 0.1) is 22.6 Å². The van der Waals surface area contributed by atoms with Gasteiger partial charge in [0.1, 0.15) is 18.3 Å². The Hall–Kier alpha value is -4.16. The molecule has 3 aromatic carbocycles. The van der Waals surface area contributed by atoms with E-state index in [4.69, 9.17) is 16.3 Å². The van der Waals surface area contributed by atoms with Gasteiger partial charge in [-0.2, -0.15) is 0 Å². The number of nitro benzene ring substituents is 1. The van der Waals surface area contributed by atoms with Crippen molar-refractivity contribution in [3.63, 3.8) is 0 Å². The number of nitro groups is 1. The number of ether oxygens (including phenoxy) is 1. The molecule has 0 spiro atoms. The molecule has 0 radical (unpaired) electrons. The maximum atomic E-state index is 14.2. The van der Waals surface area contributed by atoms with Gasteiger partial charge in [-0.05, 0) is 74.7 Å². The highest BCUT2D eigenvalue weighted by atomic mass is 35.5. The highest BCUT2D eigenvalue weighted by Gasteiger charge is 2.34. The van der Waals surface area contributed by atoms with Crippen molar-refractivity contribution in [1.82, 2.24) is 10.2 Å². The number of carbonyl (C=O) groups excluding carboxylic acids is 2. The minimum absolute atomic E-state index is 0.00887. The fourth-order valence-corrected chi connectivity index (χ4v) is 6.06. The summed E-state index contributed by atoms with van der Waals surface area (Å²) in [5, 5.41) is 15.0. The Morgan fingerprint density at radius 3 is 2.20 bits per heavy atom. The van der Waals surface area contributed by atoms with Crippen LogP contribution >= 0.6 is 11.6 Å². The van der Waals surface area contributed by atoms with E-state index < -0.39 is 33.4 Å². The van der Waals surface area contributed by atoms with Gasteiger partial charge >= 0.3 is 0 Å². The number of halogens is 1. The highest BCUT2D eigenvalue weighted by molar-refractivity contribution is 7.92. The zero-order chi connectivity index (χ0) is 32.6.